The fourth-order valence-corrected chi connectivity index (χ4v) is 8.11. The van der Waals surface area contributed by atoms with Gasteiger partial charge in [0.15, 0.2) is 0 Å². The Morgan fingerprint density at radius 1 is 0.889 bits per heavy atom. The first-order chi connectivity index (χ1) is 26.2. The van der Waals surface area contributed by atoms with E-state index in [4.69, 9.17) is 9.47 Å². The van der Waals surface area contributed by atoms with Gasteiger partial charge in [0.25, 0.3) is 11.8 Å². The lowest BCUT2D eigenvalue weighted by molar-refractivity contribution is -0.114. The zero-order valence-corrected chi connectivity index (χ0v) is 31.7. The van der Waals surface area contributed by atoms with E-state index >= 15 is 0 Å². The molecule has 54 heavy (non-hydrogen) atoms. The summed E-state index contributed by atoms with van der Waals surface area (Å²) in [6.07, 6.45) is 4.25. The van der Waals surface area contributed by atoms with Crippen LogP contribution < -0.4 is 20.7 Å². The number of hydrogen-bond acceptors (Lipinski definition) is 8. The molecule has 1 aliphatic carbocycles. The Kier molecular flexibility index (Phi) is 13.0. The molecule has 11 heteroatoms. The lowest BCUT2D eigenvalue weighted by Gasteiger charge is -2.18. The molecule has 0 saturated heterocycles. The number of thioether (sulfide) groups is 1. The Hall–Kier alpha value is -5.65. The maximum atomic E-state index is 13.7. The summed E-state index contributed by atoms with van der Waals surface area (Å²) in [6, 6.07) is 32.9. The highest BCUT2D eigenvalue weighted by atomic mass is 32.2. The second-order valence-electron chi connectivity index (χ2n) is 12.8. The third kappa shape index (κ3) is 10.3. The minimum atomic E-state index is -0.522. The molecule has 0 radical (unpaired) electrons. The van der Waals surface area contributed by atoms with Gasteiger partial charge < -0.3 is 25.4 Å². The van der Waals surface area contributed by atoms with Gasteiger partial charge in [-0.3, -0.25) is 14.4 Å². The summed E-state index contributed by atoms with van der Waals surface area (Å²) >= 11 is 2.76. The standard InChI is InChI=1S/C43H41N3O6S2/c1-3-51-43(50)39-35-22-17-28(2)23-37(35)54-42(39)46-38(47)27-53-34-16-10-15-32(25-34)44-41(49)36(45-40(48)31-13-8-5-9-14-31)24-29-18-20-33(21-19-29)52-26-30-11-6-4-7-12-30/h4-16,18-21,24-25,28H,3,17,22-23,26-27H2,1-2H3,(H,44,49)(H,45,48)(H,46,47)/b36-24-. The Bertz CT molecular complexity index is 2130. The van der Waals surface area contributed by atoms with E-state index in [9.17, 15) is 19.2 Å². The number of amides is 3. The Morgan fingerprint density at radius 3 is 2.37 bits per heavy atom. The zero-order valence-electron chi connectivity index (χ0n) is 30.1. The van der Waals surface area contributed by atoms with E-state index < -0.39 is 17.8 Å². The fourth-order valence-electron chi connectivity index (χ4n) is 5.94. The van der Waals surface area contributed by atoms with E-state index in [0.29, 0.717) is 45.7 Å². The summed E-state index contributed by atoms with van der Waals surface area (Å²) in [6.45, 7) is 4.64. The number of hydrogen-bond donors (Lipinski definition) is 3. The topological polar surface area (TPSA) is 123 Å². The molecule has 0 spiro atoms. The molecule has 6 rings (SSSR count). The highest BCUT2D eigenvalue weighted by molar-refractivity contribution is 8.00. The van der Waals surface area contributed by atoms with Gasteiger partial charge in [-0.1, -0.05) is 73.7 Å². The maximum absolute atomic E-state index is 13.7. The van der Waals surface area contributed by atoms with Crippen molar-refractivity contribution in [1.82, 2.24) is 5.32 Å². The van der Waals surface area contributed by atoms with Gasteiger partial charge in [0.05, 0.1) is 17.9 Å². The van der Waals surface area contributed by atoms with Crippen LogP contribution in [0.2, 0.25) is 0 Å². The number of esters is 1. The van der Waals surface area contributed by atoms with Crippen molar-refractivity contribution in [3.63, 3.8) is 0 Å². The van der Waals surface area contributed by atoms with E-state index in [1.165, 1.54) is 23.1 Å². The molecule has 5 aromatic rings. The minimum absolute atomic E-state index is 0.0460. The summed E-state index contributed by atoms with van der Waals surface area (Å²) in [5.74, 6) is -0.342. The molecule has 3 amide bonds. The highest BCUT2D eigenvalue weighted by Gasteiger charge is 2.29. The second-order valence-corrected chi connectivity index (χ2v) is 15.0. The molecular formula is C43H41N3O6S2. The van der Waals surface area contributed by atoms with Gasteiger partial charge in [0.1, 0.15) is 23.1 Å². The molecule has 4 aromatic carbocycles. The van der Waals surface area contributed by atoms with Gasteiger partial charge in [0, 0.05) is 21.0 Å². The quantitative estimate of drug-likeness (QED) is 0.0588. The van der Waals surface area contributed by atoms with Crippen LogP contribution in [0.25, 0.3) is 6.08 Å². The van der Waals surface area contributed by atoms with Crippen LogP contribution in [0.3, 0.4) is 0 Å². The largest absolute Gasteiger partial charge is 0.489 e. The third-order valence-electron chi connectivity index (χ3n) is 8.67. The first-order valence-corrected chi connectivity index (χ1v) is 19.6. The molecule has 0 fully saturated rings. The molecular weight excluding hydrogens is 719 g/mol. The number of carbonyl (C=O) groups is 4. The molecule has 0 saturated carbocycles. The average molecular weight is 760 g/mol. The van der Waals surface area contributed by atoms with Crippen LogP contribution in [-0.2, 0) is 33.8 Å². The normalized spacial score (nSPS) is 13.7. The van der Waals surface area contributed by atoms with Crippen LogP contribution in [0.4, 0.5) is 10.7 Å². The van der Waals surface area contributed by atoms with Gasteiger partial charge in [-0.2, -0.15) is 0 Å². The molecule has 276 valence electrons. The average Bonchev–Trinajstić information content (AvgIpc) is 3.54. The van der Waals surface area contributed by atoms with Crippen molar-refractivity contribution in [3.05, 3.63) is 148 Å². The van der Waals surface area contributed by atoms with E-state index in [1.54, 1.807) is 55.5 Å². The molecule has 3 N–H and O–H groups in total. The summed E-state index contributed by atoms with van der Waals surface area (Å²) in [5, 5.41) is 9.15. The van der Waals surface area contributed by atoms with E-state index in [-0.39, 0.29) is 24.0 Å². The summed E-state index contributed by atoms with van der Waals surface area (Å²) in [7, 11) is 0. The van der Waals surface area contributed by atoms with Crippen LogP contribution in [0.15, 0.2) is 120 Å². The molecule has 1 aliphatic rings. The Morgan fingerprint density at radius 2 is 1.63 bits per heavy atom. The van der Waals surface area contributed by atoms with Crippen LogP contribution in [0.5, 0.6) is 5.75 Å². The van der Waals surface area contributed by atoms with Crippen molar-refractivity contribution in [1.29, 1.82) is 0 Å². The summed E-state index contributed by atoms with van der Waals surface area (Å²) in [4.78, 5) is 54.8. The van der Waals surface area contributed by atoms with Crippen molar-refractivity contribution >= 4 is 63.6 Å². The number of ether oxygens (including phenoxy) is 2. The predicted octanol–water partition coefficient (Wildman–Crippen LogP) is 8.77. The van der Waals surface area contributed by atoms with Crippen molar-refractivity contribution in [2.75, 3.05) is 23.0 Å². The SMILES string of the molecule is CCOC(=O)c1c(NC(=O)CSc2cccc(NC(=O)/C(=C/c3ccc(OCc4ccccc4)cc3)NC(=O)c3ccccc3)c2)sc2c1CCC(C)C2. The maximum Gasteiger partial charge on any atom is 0.341 e. The Balaban J connectivity index is 1.12. The smallest absolute Gasteiger partial charge is 0.341 e. The van der Waals surface area contributed by atoms with Gasteiger partial charge in [-0.15, -0.1) is 23.1 Å². The van der Waals surface area contributed by atoms with Crippen molar-refractivity contribution < 1.29 is 28.7 Å². The van der Waals surface area contributed by atoms with Gasteiger partial charge in [0.2, 0.25) is 5.91 Å². The lowest BCUT2D eigenvalue weighted by atomic mass is 9.88. The van der Waals surface area contributed by atoms with Gasteiger partial charge in [-0.25, -0.2) is 4.79 Å². The van der Waals surface area contributed by atoms with Crippen LogP contribution in [0.1, 0.15) is 62.6 Å². The summed E-state index contributed by atoms with van der Waals surface area (Å²) < 4.78 is 11.2. The summed E-state index contributed by atoms with van der Waals surface area (Å²) in [5.41, 5.74) is 4.13. The highest BCUT2D eigenvalue weighted by Crippen LogP contribution is 2.40. The predicted molar refractivity (Wildman–Crippen MR) is 215 cm³/mol. The first-order valence-electron chi connectivity index (χ1n) is 17.8. The second kappa shape index (κ2) is 18.4. The van der Waals surface area contributed by atoms with E-state index in [1.807, 2.05) is 66.7 Å². The molecule has 1 unspecified atom stereocenters. The van der Waals surface area contributed by atoms with Crippen LogP contribution in [-0.4, -0.2) is 36.1 Å². The van der Waals surface area contributed by atoms with Crippen LogP contribution in [0, 0.1) is 5.92 Å². The Labute approximate surface area is 323 Å². The molecule has 1 aromatic heterocycles. The minimum Gasteiger partial charge on any atom is -0.489 e. The molecule has 0 aliphatic heterocycles. The number of fused-ring (bicyclic) bond motifs is 1. The van der Waals surface area contributed by atoms with E-state index in [2.05, 4.69) is 22.9 Å². The number of anilines is 2. The number of rotatable bonds is 14. The molecule has 1 atom stereocenters. The van der Waals surface area contributed by atoms with Crippen LogP contribution >= 0.6 is 23.1 Å². The molecule has 9 nitrogen and oxygen atoms in total. The zero-order chi connectivity index (χ0) is 37.9. The van der Waals surface area contributed by atoms with Crippen molar-refractivity contribution in [2.24, 2.45) is 5.92 Å². The lowest BCUT2D eigenvalue weighted by Crippen LogP contribution is -2.30. The molecule has 1 heterocycles. The number of carbonyl (C=O) groups excluding carboxylic acids is 4. The fraction of sp³-hybridized carbons (Fsp3) is 0.209. The van der Waals surface area contributed by atoms with Gasteiger partial charge in [-0.05, 0) is 97.3 Å². The number of benzene rings is 4. The number of nitrogens with one attached hydrogen (secondary N) is 3. The van der Waals surface area contributed by atoms with Gasteiger partial charge >= 0.3 is 5.97 Å². The first kappa shape index (κ1) is 38.1. The van der Waals surface area contributed by atoms with Crippen molar-refractivity contribution in [2.45, 2.75) is 44.6 Å². The molecule has 0 bridgehead atoms. The number of thiophene rings is 1. The third-order valence-corrected chi connectivity index (χ3v) is 10.8. The van der Waals surface area contributed by atoms with E-state index in [0.717, 1.165) is 40.2 Å². The monoisotopic (exact) mass is 759 g/mol. The van der Waals surface area contributed by atoms with Crippen molar-refractivity contribution in [3.8, 4) is 5.75 Å².